The number of piperidine rings is 1. The molecule has 4 nitrogen and oxygen atoms in total. The highest BCUT2D eigenvalue weighted by atomic mass is 16.2. The van der Waals surface area contributed by atoms with E-state index >= 15 is 0 Å². The van der Waals surface area contributed by atoms with Crippen LogP contribution in [0.1, 0.15) is 51.9 Å². The Labute approximate surface area is 130 Å². The van der Waals surface area contributed by atoms with Crippen molar-refractivity contribution >= 4 is 5.91 Å². The summed E-state index contributed by atoms with van der Waals surface area (Å²) in [6, 6.07) is 1.30. The minimum atomic E-state index is 0.219. The molecular weight excluding hydrogens is 262 g/mol. The number of carbonyl (C=O) groups excluding carboxylic acids is 1. The second-order valence-electron chi connectivity index (χ2n) is 7.19. The fraction of sp³-hybridized carbons (Fsp3) is 0.941. The van der Waals surface area contributed by atoms with Crippen molar-refractivity contribution in [3.05, 3.63) is 0 Å². The van der Waals surface area contributed by atoms with Gasteiger partial charge in [0.15, 0.2) is 0 Å². The van der Waals surface area contributed by atoms with Crippen LogP contribution >= 0.6 is 0 Å². The Morgan fingerprint density at radius 1 is 1.14 bits per heavy atom. The maximum absolute atomic E-state index is 11.7. The lowest BCUT2D eigenvalue weighted by Crippen LogP contribution is -2.49. The van der Waals surface area contributed by atoms with Crippen LogP contribution in [0.5, 0.6) is 0 Å². The van der Waals surface area contributed by atoms with Crippen LogP contribution in [0, 0.1) is 5.92 Å². The van der Waals surface area contributed by atoms with E-state index < -0.39 is 0 Å². The highest BCUT2D eigenvalue weighted by molar-refractivity contribution is 5.77. The zero-order valence-electron chi connectivity index (χ0n) is 14.1. The fourth-order valence-electron chi connectivity index (χ4n) is 3.73. The zero-order chi connectivity index (χ0) is 15.2. The summed E-state index contributed by atoms with van der Waals surface area (Å²) >= 11 is 0. The molecule has 0 radical (unpaired) electrons. The van der Waals surface area contributed by atoms with Gasteiger partial charge in [0, 0.05) is 39.3 Å². The van der Waals surface area contributed by atoms with E-state index in [-0.39, 0.29) is 5.91 Å². The first-order valence-electron chi connectivity index (χ1n) is 8.75. The Bertz CT molecular complexity index is 318. The first-order chi connectivity index (χ1) is 10.1. The molecule has 1 aliphatic heterocycles. The molecule has 1 atom stereocenters. The van der Waals surface area contributed by atoms with Crippen molar-refractivity contribution in [2.24, 2.45) is 5.92 Å². The van der Waals surface area contributed by atoms with E-state index in [1.165, 1.54) is 44.9 Å². The molecule has 0 aromatic heterocycles. The second kappa shape index (κ2) is 8.14. The third-order valence-corrected chi connectivity index (χ3v) is 5.30. The predicted molar refractivity (Wildman–Crippen MR) is 87.3 cm³/mol. The SMILES string of the molecule is C[C@H](NC1CCN(CC(=O)N(C)C)CC1)C1CCCCC1. The van der Waals surface area contributed by atoms with E-state index in [2.05, 4.69) is 17.1 Å². The number of amides is 1. The summed E-state index contributed by atoms with van der Waals surface area (Å²) in [4.78, 5) is 15.7. The highest BCUT2D eigenvalue weighted by Crippen LogP contribution is 2.27. The second-order valence-corrected chi connectivity index (χ2v) is 7.19. The van der Waals surface area contributed by atoms with Gasteiger partial charge in [0.2, 0.25) is 5.91 Å². The molecule has 0 bridgehead atoms. The first-order valence-corrected chi connectivity index (χ1v) is 8.75. The van der Waals surface area contributed by atoms with Gasteiger partial charge in [-0.05, 0) is 38.5 Å². The maximum atomic E-state index is 11.7. The molecule has 1 N–H and O–H groups in total. The maximum Gasteiger partial charge on any atom is 0.236 e. The monoisotopic (exact) mass is 295 g/mol. The number of nitrogens with one attached hydrogen (secondary N) is 1. The summed E-state index contributed by atoms with van der Waals surface area (Å²) in [6.07, 6.45) is 9.44. The van der Waals surface area contributed by atoms with Crippen LogP contribution in [-0.4, -0.2) is 61.5 Å². The van der Waals surface area contributed by atoms with E-state index in [0.717, 1.165) is 19.0 Å². The minimum absolute atomic E-state index is 0.219. The number of carbonyl (C=O) groups is 1. The Kier molecular flexibility index (Phi) is 6.49. The van der Waals surface area contributed by atoms with E-state index in [1.807, 2.05) is 14.1 Å². The van der Waals surface area contributed by atoms with E-state index in [0.29, 0.717) is 18.6 Å². The van der Waals surface area contributed by atoms with Crippen molar-refractivity contribution in [1.82, 2.24) is 15.1 Å². The normalized spacial score (nSPS) is 24.0. The summed E-state index contributed by atoms with van der Waals surface area (Å²) in [7, 11) is 3.67. The molecule has 21 heavy (non-hydrogen) atoms. The fourth-order valence-corrected chi connectivity index (χ4v) is 3.73. The molecule has 2 aliphatic rings. The summed E-state index contributed by atoms with van der Waals surface area (Å²) in [5.41, 5.74) is 0. The van der Waals surface area contributed by atoms with Gasteiger partial charge in [0.1, 0.15) is 0 Å². The highest BCUT2D eigenvalue weighted by Gasteiger charge is 2.25. The molecule has 0 unspecified atom stereocenters. The standard InChI is InChI=1S/C17H33N3O/c1-14(15-7-5-4-6-8-15)18-16-9-11-20(12-10-16)13-17(21)19(2)3/h14-16,18H,4-13H2,1-3H3/t14-/m0/s1. The third kappa shape index (κ3) is 5.26. The molecule has 2 rings (SSSR count). The number of likely N-dealkylation sites (N-methyl/N-ethyl adjacent to an activating group) is 1. The van der Waals surface area contributed by atoms with Crippen LogP contribution in [0.15, 0.2) is 0 Å². The number of hydrogen-bond donors (Lipinski definition) is 1. The zero-order valence-corrected chi connectivity index (χ0v) is 14.1. The van der Waals surface area contributed by atoms with Gasteiger partial charge in [-0.15, -0.1) is 0 Å². The third-order valence-electron chi connectivity index (χ3n) is 5.30. The molecule has 122 valence electrons. The number of nitrogens with zero attached hydrogens (tertiary/aromatic N) is 2. The molecule has 1 saturated carbocycles. The molecule has 2 fully saturated rings. The number of hydrogen-bond acceptors (Lipinski definition) is 3. The largest absolute Gasteiger partial charge is 0.348 e. The summed E-state index contributed by atoms with van der Waals surface area (Å²) in [5.74, 6) is 1.10. The summed E-state index contributed by atoms with van der Waals surface area (Å²) in [5, 5.41) is 3.86. The molecule has 0 spiro atoms. The molecule has 1 heterocycles. The lowest BCUT2D eigenvalue weighted by molar-refractivity contribution is -0.130. The van der Waals surface area contributed by atoms with Crippen molar-refractivity contribution in [3.63, 3.8) is 0 Å². The van der Waals surface area contributed by atoms with Gasteiger partial charge in [0.05, 0.1) is 6.54 Å². The van der Waals surface area contributed by atoms with Gasteiger partial charge in [-0.1, -0.05) is 19.3 Å². The van der Waals surface area contributed by atoms with Crippen LogP contribution in [0.25, 0.3) is 0 Å². The lowest BCUT2D eigenvalue weighted by Gasteiger charge is -2.36. The van der Waals surface area contributed by atoms with Crippen LogP contribution in [0.2, 0.25) is 0 Å². The quantitative estimate of drug-likeness (QED) is 0.844. The average molecular weight is 295 g/mol. The van der Waals surface area contributed by atoms with Crippen molar-refractivity contribution in [3.8, 4) is 0 Å². The van der Waals surface area contributed by atoms with Gasteiger partial charge >= 0.3 is 0 Å². The van der Waals surface area contributed by atoms with E-state index in [9.17, 15) is 4.79 Å². The minimum Gasteiger partial charge on any atom is -0.348 e. The van der Waals surface area contributed by atoms with Gasteiger partial charge in [0.25, 0.3) is 0 Å². The van der Waals surface area contributed by atoms with E-state index in [4.69, 9.17) is 0 Å². The summed E-state index contributed by atoms with van der Waals surface area (Å²) in [6.45, 7) is 5.05. The molecule has 1 aliphatic carbocycles. The molecule has 1 amide bonds. The first kappa shape index (κ1) is 16.8. The summed E-state index contributed by atoms with van der Waals surface area (Å²) < 4.78 is 0. The van der Waals surface area contributed by atoms with E-state index in [1.54, 1.807) is 4.90 Å². The Morgan fingerprint density at radius 3 is 2.33 bits per heavy atom. The molecule has 4 heteroatoms. The predicted octanol–water partition coefficient (Wildman–Crippen LogP) is 2.10. The Hall–Kier alpha value is -0.610. The van der Waals surface area contributed by atoms with Crippen LogP contribution in [0.4, 0.5) is 0 Å². The molecule has 1 saturated heterocycles. The van der Waals surface area contributed by atoms with Crippen LogP contribution in [-0.2, 0) is 4.79 Å². The number of likely N-dealkylation sites (tertiary alicyclic amines) is 1. The van der Waals surface area contributed by atoms with Crippen molar-refractivity contribution in [2.75, 3.05) is 33.7 Å². The van der Waals surface area contributed by atoms with Gasteiger partial charge in [-0.25, -0.2) is 0 Å². The average Bonchev–Trinajstić information content (AvgIpc) is 2.50. The van der Waals surface area contributed by atoms with Gasteiger partial charge in [-0.3, -0.25) is 9.69 Å². The van der Waals surface area contributed by atoms with Crippen LogP contribution < -0.4 is 5.32 Å². The van der Waals surface area contributed by atoms with Crippen molar-refractivity contribution < 1.29 is 4.79 Å². The lowest BCUT2D eigenvalue weighted by atomic mass is 9.84. The Balaban J connectivity index is 1.67. The van der Waals surface area contributed by atoms with Gasteiger partial charge in [-0.2, -0.15) is 0 Å². The topological polar surface area (TPSA) is 35.6 Å². The van der Waals surface area contributed by atoms with Crippen molar-refractivity contribution in [1.29, 1.82) is 0 Å². The Morgan fingerprint density at radius 2 is 1.76 bits per heavy atom. The van der Waals surface area contributed by atoms with Crippen molar-refractivity contribution in [2.45, 2.75) is 64.0 Å². The van der Waals surface area contributed by atoms with Crippen LogP contribution in [0.3, 0.4) is 0 Å². The number of rotatable bonds is 5. The molecular formula is C17H33N3O. The van der Waals surface area contributed by atoms with Gasteiger partial charge < -0.3 is 10.2 Å². The molecule has 0 aromatic carbocycles. The molecule has 0 aromatic rings. The smallest absolute Gasteiger partial charge is 0.236 e.